The largest absolute Gasteiger partial charge is 0.492 e. The van der Waals surface area contributed by atoms with Gasteiger partial charge < -0.3 is 15.4 Å². The maximum Gasteiger partial charge on any atom is 0.416 e. The smallest absolute Gasteiger partial charge is 0.416 e. The van der Waals surface area contributed by atoms with Gasteiger partial charge in [0.1, 0.15) is 12.4 Å². The predicted octanol–water partition coefficient (Wildman–Crippen LogP) is 5.78. The normalized spacial score (nSPS) is 12.0. The molecule has 1 amide bonds. The molecule has 0 saturated heterocycles. The van der Waals surface area contributed by atoms with Gasteiger partial charge in [0.25, 0.3) is 5.91 Å². The van der Waals surface area contributed by atoms with Crippen molar-refractivity contribution in [2.45, 2.75) is 32.5 Å². The number of hydrogen-bond donors (Lipinski definition) is 2. The summed E-state index contributed by atoms with van der Waals surface area (Å²) in [5.74, 6) is -0.144. The van der Waals surface area contributed by atoms with Crippen LogP contribution >= 0.6 is 11.6 Å². The SMILES string of the molecule is Cn1ncc(Cl)c1-c1cc(NC(=O)c2cccc(C(F)(F)F)c2)ccc1OCCNC(C)(C)C. The van der Waals surface area contributed by atoms with E-state index in [1.165, 1.54) is 18.3 Å². The van der Waals surface area contributed by atoms with Gasteiger partial charge in [0.05, 0.1) is 22.5 Å². The summed E-state index contributed by atoms with van der Waals surface area (Å²) in [5, 5.41) is 10.5. The number of aromatic nitrogens is 2. The zero-order valence-corrected chi connectivity index (χ0v) is 20.0. The minimum atomic E-state index is -4.54. The van der Waals surface area contributed by atoms with E-state index in [0.29, 0.717) is 40.9 Å². The van der Waals surface area contributed by atoms with Crippen LogP contribution in [0.2, 0.25) is 5.02 Å². The van der Waals surface area contributed by atoms with Gasteiger partial charge in [0.15, 0.2) is 0 Å². The zero-order chi connectivity index (χ0) is 25.1. The average Bonchev–Trinajstić information content (AvgIpc) is 3.08. The highest BCUT2D eigenvalue weighted by molar-refractivity contribution is 6.33. The fourth-order valence-corrected chi connectivity index (χ4v) is 3.53. The van der Waals surface area contributed by atoms with Crippen molar-refractivity contribution in [1.82, 2.24) is 15.1 Å². The van der Waals surface area contributed by atoms with Crippen LogP contribution in [0.3, 0.4) is 0 Å². The Hall–Kier alpha value is -3.04. The number of hydrogen-bond acceptors (Lipinski definition) is 4. The highest BCUT2D eigenvalue weighted by Crippen LogP contribution is 2.37. The molecule has 6 nitrogen and oxygen atoms in total. The molecule has 3 rings (SSSR count). The summed E-state index contributed by atoms with van der Waals surface area (Å²) < 4.78 is 46.6. The molecule has 0 fully saturated rings. The van der Waals surface area contributed by atoms with Gasteiger partial charge in [-0.1, -0.05) is 17.7 Å². The summed E-state index contributed by atoms with van der Waals surface area (Å²) in [5.41, 5.74) is 0.474. The first kappa shape index (κ1) is 25.6. The molecular formula is C24H26ClF3N4O2. The van der Waals surface area contributed by atoms with Crippen molar-refractivity contribution in [3.05, 3.63) is 64.8 Å². The number of amides is 1. The highest BCUT2D eigenvalue weighted by Gasteiger charge is 2.31. The molecule has 3 aromatic rings. The Morgan fingerprint density at radius 3 is 2.50 bits per heavy atom. The third kappa shape index (κ3) is 6.51. The summed E-state index contributed by atoms with van der Waals surface area (Å²) in [4.78, 5) is 12.7. The predicted molar refractivity (Wildman–Crippen MR) is 126 cm³/mol. The van der Waals surface area contributed by atoms with E-state index in [9.17, 15) is 18.0 Å². The molecule has 182 valence electrons. The highest BCUT2D eigenvalue weighted by atomic mass is 35.5. The van der Waals surface area contributed by atoms with Gasteiger partial charge in [-0.05, 0) is 57.2 Å². The maximum absolute atomic E-state index is 13.0. The Bertz CT molecular complexity index is 1150. The van der Waals surface area contributed by atoms with Crippen molar-refractivity contribution in [2.75, 3.05) is 18.5 Å². The lowest BCUT2D eigenvalue weighted by Crippen LogP contribution is -2.38. The van der Waals surface area contributed by atoms with E-state index >= 15 is 0 Å². The van der Waals surface area contributed by atoms with Crippen molar-refractivity contribution in [1.29, 1.82) is 0 Å². The molecule has 34 heavy (non-hydrogen) atoms. The number of halogens is 4. The lowest BCUT2D eigenvalue weighted by Gasteiger charge is -2.21. The second-order valence-corrected chi connectivity index (χ2v) is 9.14. The quantitative estimate of drug-likeness (QED) is 0.409. The minimum Gasteiger partial charge on any atom is -0.492 e. The standard InChI is InChI=1S/C24H26ClF3N4O2/c1-23(2,3)29-10-11-34-20-9-8-17(13-18(20)21-19(25)14-30-32(21)4)31-22(33)15-6-5-7-16(12-15)24(26,27)28/h5-9,12-14,29H,10-11H2,1-4H3,(H,31,33). The summed E-state index contributed by atoms with van der Waals surface area (Å²) in [6.07, 6.45) is -3.05. The Morgan fingerprint density at radius 1 is 1.15 bits per heavy atom. The maximum atomic E-state index is 13.0. The van der Waals surface area contributed by atoms with Crippen LogP contribution in [0, 0.1) is 0 Å². The third-order valence-electron chi connectivity index (χ3n) is 4.85. The number of anilines is 1. The van der Waals surface area contributed by atoms with Crippen LogP contribution < -0.4 is 15.4 Å². The van der Waals surface area contributed by atoms with Crippen LogP contribution in [-0.4, -0.2) is 34.4 Å². The molecule has 10 heteroatoms. The summed E-state index contributed by atoms with van der Waals surface area (Å²) in [6, 6.07) is 9.20. The Morgan fingerprint density at radius 2 is 1.88 bits per heavy atom. The number of carbonyl (C=O) groups is 1. The lowest BCUT2D eigenvalue weighted by molar-refractivity contribution is -0.137. The molecule has 0 atom stereocenters. The van der Waals surface area contributed by atoms with Gasteiger partial charge in [-0.15, -0.1) is 0 Å². The average molecular weight is 495 g/mol. The van der Waals surface area contributed by atoms with Gasteiger partial charge in [0.2, 0.25) is 0 Å². The fraction of sp³-hybridized carbons (Fsp3) is 0.333. The molecule has 0 aliphatic rings. The number of nitrogens with zero attached hydrogens (tertiary/aromatic N) is 2. The Kier molecular flexibility index (Phi) is 7.57. The molecule has 0 radical (unpaired) electrons. The Labute approximate surface area is 201 Å². The molecule has 2 N–H and O–H groups in total. The molecule has 1 aromatic heterocycles. The zero-order valence-electron chi connectivity index (χ0n) is 19.3. The second kappa shape index (κ2) is 10.1. The number of carbonyl (C=O) groups excluding carboxylic acids is 1. The van der Waals surface area contributed by atoms with E-state index in [2.05, 4.69) is 36.5 Å². The van der Waals surface area contributed by atoms with Crippen LogP contribution in [0.4, 0.5) is 18.9 Å². The number of benzene rings is 2. The van der Waals surface area contributed by atoms with E-state index in [1.54, 1.807) is 29.9 Å². The molecule has 0 aliphatic carbocycles. The van der Waals surface area contributed by atoms with Crippen molar-refractivity contribution in [2.24, 2.45) is 7.05 Å². The number of aryl methyl sites for hydroxylation is 1. The first-order chi connectivity index (χ1) is 15.8. The van der Waals surface area contributed by atoms with Crippen LogP contribution in [0.15, 0.2) is 48.7 Å². The van der Waals surface area contributed by atoms with Crippen LogP contribution in [0.5, 0.6) is 5.75 Å². The first-order valence-corrected chi connectivity index (χ1v) is 10.9. The molecule has 0 saturated carbocycles. The van der Waals surface area contributed by atoms with E-state index in [0.717, 1.165) is 12.1 Å². The van der Waals surface area contributed by atoms with E-state index < -0.39 is 17.6 Å². The summed E-state index contributed by atoms with van der Waals surface area (Å²) in [7, 11) is 1.72. The molecule has 0 spiro atoms. The second-order valence-electron chi connectivity index (χ2n) is 8.73. The Balaban J connectivity index is 1.87. The fourth-order valence-electron chi connectivity index (χ4n) is 3.26. The molecule has 1 heterocycles. The monoisotopic (exact) mass is 494 g/mol. The van der Waals surface area contributed by atoms with E-state index in [-0.39, 0.29) is 11.1 Å². The molecule has 0 bridgehead atoms. The lowest BCUT2D eigenvalue weighted by atomic mass is 10.1. The number of ether oxygens (including phenoxy) is 1. The number of rotatable bonds is 7. The first-order valence-electron chi connectivity index (χ1n) is 10.5. The summed E-state index contributed by atoms with van der Waals surface area (Å²) in [6.45, 7) is 7.15. The van der Waals surface area contributed by atoms with Crippen molar-refractivity contribution in [3.8, 4) is 17.0 Å². The molecule has 2 aromatic carbocycles. The van der Waals surface area contributed by atoms with Crippen LogP contribution in [0.25, 0.3) is 11.3 Å². The number of alkyl halides is 3. The van der Waals surface area contributed by atoms with E-state index in [4.69, 9.17) is 16.3 Å². The van der Waals surface area contributed by atoms with Crippen molar-refractivity contribution >= 4 is 23.2 Å². The van der Waals surface area contributed by atoms with Crippen molar-refractivity contribution in [3.63, 3.8) is 0 Å². The summed E-state index contributed by atoms with van der Waals surface area (Å²) >= 11 is 6.34. The molecule has 0 aliphatic heterocycles. The molecule has 0 unspecified atom stereocenters. The van der Waals surface area contributed by atoms with Gasteiger partial charge in [-0.2, -0.15) is 18.3 Å². The van der Waals surface area contributed by atoms with E-state index in [1.807, 2.05) is 0 Å². The van der Waals surface area contributed by atoms with Crippen LogP contribution in [0.1, 0.15) is 36.7 Å². The topological polar surface area (TPSA) is 68.2 Å². The molecular weight excluding hydrogens is 469 g/mol. The van der Waals surface area contributed by atoms with Gasteiger partial charge in [0, 0.05) is 35.9 Å². The van der Waals surface area contributed by atoms with Gasteiger partial charge >= 0.3 is 6.18 Å². The van der Waals surface area contributed by atoms with Gasteiger partial charge in [-0.3, -0.25) is 9.48 Å². The third-order valence-corrected chi connectivity index (χ3v) is 5.13. The minimum absolute atomic E-state index is 0.0604. The van der Waals surface area contributed by atoms with Crippen LogP contribution in [-0.2, 0) is 13.2 Å². The number of nitrogens with one attached hydrogen (secondary N) is 2. The van der Waals surface area contributed by atoms with Crippen molar-refractivity contribution < 1.29 is 22.7 Å². The van der Waals surface area contributed by atoms with Gasteiger partial charge in [-0.25, -0.2) is 0 Å².